The Labute approximate surface area is 95.1 Å². The number of likely N-dealkylation sites (N-methyl/N-ethyl adjacent to an activating group) is 1. The molecule has 1 aromatic rings. The van der Waals surface area contributed by atoms with Crippen LogP contribution in [-0.4, -0.2) is 23.8 Å². The second kappa shape index (κ2) is 4.74. The lowest BCUT2D eigenvalue weighted by Crippen LogP contribution is -2.34. The van der Waals surface area contributed by atoms with Crippen LogP contribution in [0.25, 0.3) is 0 Å². The summed E-state index contributed by atoms with van der Waals surface area (Å²) in [6, 6.07) is 6.72. The number of carbonyl (C=O) groups excluding carboxylic acids is 1. The minimum Gasteiger partial charge on any atom is -0.298 e. The predicted octanol–water partition coefficient (Wildman–Crippen LogP) is 2.38. The number of ketones is 1. The molecule has 0 radical (unpaired) electrons. The summed E-state index contributed by atoms with van der Waals surface area (Å²) < 4.78 is 13.4. The Morgan fingerprint density at radius 1 is 1.44 bits per heavy atom. The van der Waals surface area contributed by atoms with Crippen LogP contribution >= 0.6 is 0 Å². The van der Waals surface area contributed by atoms with Crippen LogP contribution in [0.1, 0.15) is 24.8 Å². The van der Waals surface area contributed by atoms with E-state index in [9.17, 15) is 9.18 Å². The second-order valence-corrected chi connectivity index (χ2v) is 4.38. The monoisotopic (exact) mass is 221 g/mol. The van der Waals surface area contributed by atoms with Gasteiger partial charge in [0.15, 0.2) is 0 Å². The number of Topliss-reactive ketones (excluding diaryl/α,β-unsaturated/α-hetero) is 1. The first-order valence-electron chi connectivity index (χ1n) is 5.65. The molecule has 1 aromatic carbocycles. The zero-order chi connectivity index (χ0) is 11.5. The average Bonchev–Trinajstić information content (AvgIpc) is 2.68. The number of rotatable bonds is 3. The molecule has 2 nitrogen and oxygen atoms in total. The molecule has 0 aliphatic heterocycles. The summed E-state index contributed by atoms with van der Waals surface area (Å²) in [5, 5.41) is 0. The maximum Gasteiger partial charge on any atom is 0.149 e. The van der Waals surface area contributed by atoms with E-state index < -0.39 is 0 Å². The summed E-state index contributed by atoms with van der Waals surface area (Å²) in [5.74, 6) is 0.0960. The Morgan fingerprint density at radius 2 is 2.19 bits per heavy atom. The standard InChI is InChI=1S/C13H16FNO/c1-15(12-7-4-8-13(12)16)9-10-5-2-3-6-11(10)14/h2-3,5-6,12H,4,7-9H2,1H3. The summed E-state index contributed by atoms with van der Waals surface area (Å²) in [6.07, 6.45) is 2.54. The van der Waals surface area contributed by atoms with Gasteiger partial charge in [-0.2, -0.15) is 0 Å². The van der Waals surface area contributed by atoms with E-state index in [1.54, 1.807) is 12.1 Å². The molecule has 1 aliphatic rings. The normalized spacial score (nSPS) is 20.7. The van der Waals surface area contributed by atoms with E-state index in [0.717, 1.165) is 12.8 Å². The zero-order valence-electron chi connectivity index (χ0n) is 9.45. The van der Waals surface area contributed by atoms with Crippen LogP contribution in [0.15, 0.2) is 24.3 Å². The molecule has 0 spiro atoms. The molecular formula is C13H16FNO. The van der Waals surface area contributed by atoms with Crippen LogP contribution in [-0.2, 0) is 11.3 Å². The zero-order valence-corrected chi connectivity index (χ0v) is 9.45. The second-order valence-electron chi connectivity index (χ2n) is 4.38. The van der Waals surface area contributed by atoms with Gasteiger partial charge >= 0.3 is 0 Å². The van der Waals surface area contributed by atoms with Gasteiger partial charge in [0.2, 0.25) is 0 Å². The van der Waals surface area contributed by atoms with Gasteiger partial charge in [0, 0.05) is 18.5 Å². The Morgan fingerprint density at radius 3 is 2.81 bits per heavy atom. The maximum absolute atomic E-state index is 13.4. The van der Waals surface area contributed by atoms with Crippen molar-refractivity contribution in [1.82, 2.24) is 4.90 Å². The highest BCUT2D eigenvalue weighted by atomic mass is 19.1. The molecule has 3 heteroatoms. The highest BCUT2D eigenvalue weighted by molar-refractivity contribution is 5.85. The molecule has 16 heavy (non-hydrogen) atoms. The molecule has 86 valence electrons. The van der Waals surface area contributed by atoms with E-state index in [1.807, 2.05) is 18.0 Å². The largest absolute Gasteiger partial charge is 0.298 e. The van der Waals surface area contributed by atoms with Gasteiger partial charge < -0.3 is 0 Å². The molecule has 0 amide bonds. The lowest BCUT2D eigenvalue weighted by molar-refractivity contribution is -0.121. The van der Waals surface area contributed by atoms with Crippen molar-refractivity contribution >= 4 is 5.78 Å². The molecule has 1 saturated carbocycles. The fourth-order valence-corrected chi connectivity index (χ4v) is 2.27. The van der Waals surface area contributed by atoms with Crippen LogP contribution in [0.4, 0.5) is 4.39 Å². The van der Waals surface area contributed by atoms with Crippen LogP contribution in [0, 0.1) is 5.82 Å². The van der Waals surface area contributed by atoms with Gasteiger partial charge in [0.05, 0.1) is 6.04 Å². The molecule has 0 saturated heterocycles. The maximum atomic E-state index is 13.4. The molecular weight excluding hydrogens is 205 g/mol. The van der Waals surface area contributed by atoms with Crippen LogP contribution in [0.2, 0.25) is 0 Å². The third kappa shape index (κ3) is 2.30. The fraction of sp³-hybridized carbons (Fsp3) is 0.462. The number of nitrogens with zero attached hydrogens (tertiary/aromatic N) is 1. The van der Waals surface area contributed by atoms with Gasteiger partial charge in [-0.3, -0.25) is 9.69 Å². The average molecular weight is 221 g/mol. The van der Waals surface area contributed by atoms with E-state index in [0.29, 0.717) is 24.3 Å². The first-order valence-corrected chi connectivity index (χ1v) is 5.65. The van der Waals surface area contributed by atoms with Crippen molar-refractivity contribution in [1.29, 1.82) is 0 Å². The van der Waals surface area contributed by atoms with Gasteiger partial charge in [-0.05, 0) is 26.0 Å². The third-order valence-electron chi connectivity index (χ3n) is 3.18. The van der Waals surface area contributed by atoms with Gasteiger partial charge in [0.25, 0.3) is 0 Å². The highest BCUT2D eigenvalue weighted by Crippen LogP contribution is 2.21. The summed E-state index contributed by atoms with van der Waals surface area (Å²) >= 11 is 0. The quantitative estimate of drug-likeness (QED) is 0.781. The van der Waals surface area contributed by atoms with E-state index in [1.165, 1.54) is 6.07 Å². The minimum atomic E-state index is -0.195. The van der Waals surface area contributed by atoms with Gasteiger partial charge in [-0.1, -0.05) is 18.2 Å². The van der Waals surface area contributed by atoms with Crippen molar-refractivity contribution in [2.75, 3.05) is 7.05 Å². The predicted molar refractivity (Wildman–Crippen MR) is 60.5 cm³/mol. The van der Waals surface area contributed by atoms with Gasteiger partial charge in [-0.25, -0.2) is 4.39 Å². The lowest BCUT2D eigenvalue weighted by atomic mass is 10.1. The molecule has 0 heterocycles. The number of carbonyl (C=O) groups is 1. The lowest BCUT2D eigenvalue weighted by Gasteiger charge is -2.22. The van der Waals surface area contributed by atoms with Crippen molar-refractivity contribution in [3.8, 4) is 0 Å². The van der Waals surface area contributed by atoms with Crippen LogP contribution in [0.5, 0.6) is 0 Å². The fourth-order valence-electron chi connectivity index (χ4n) is 2.27. The molecule has 1 atom stereocenters. The smallest absolute Gasteiger partial charge is 0.149 e. The SMILES string of the molecule is CN(Cc1ccccc1F)C1CCCC1=O. The molecule has 0 aromatic heterocycles. The van der Waals surface area contributed by atoms with Crippen LogP contribution < -0.4 is 0 Å². The molecule has 1 aliphatic carbocycles. The van der Waals surface area contributed by atoms with Gasteiger partial charge in [0.1, 0.15) is 11.6 Å². The topological polar surface area (TPSA) is 20.3 Å². The van der Waals surface area contributed by atoms with Crippen molar-refractivity contribution in [2.24, 2.45) is 0 Å². The number of halogens is 1. The molecule has 0 bridgehead atoms. The Balaban J connectivity index is 2.04. The Hall–Kier alpha value is -1.22. The van der Waals surface area contributed by atoms with Crippen molar-refractivity contribution in [3.63, 3.8) is 0 Å². The third-order valence-corrected chi connectivity index (χ3v) is 3.18. The summed E-state index contributed by atoms with van der Waals surface area (Å²) in [7, 11) is 1.89. The van der Waals surface area contributed by atoms with Gasteiger partial charge in [-0.15, -0.1) is 0 Å². The highest BCUT2D eigenvalue weighted by Gasteiger charge is 2.28. The minimum absolute atomic E-state index is 0.0143. The number of hydrogen-bond acceptors (Lipinski definition) is 2. The molecule has 1 fully saturated rings. The Bertz CT molecular complexity index is 391. The summed E-state index contributed by atoms with van der Waals surface area (Å²) in [5.41, 5.74) is 0.657. The first-order chi connectivity index (χ1) is 7.68. The Kier molecular flexibility index (Phi) is 3.34. The van der Waals surface area contributed by atoms with E-state index in [2.05, 4.69) is 0 Å². The number of benzene rings is 1. The summed E-state index contributed by atoms with van der Waals surface area (Å²) in [6.45, 7) is 0.503. The van der Waals surface area contributed by atoms with Crippen molar-refractivity contribution < 1.29 is 9.18 Å². The summed E-state index contributed by atoms with van der Waals surface area (Å²) in [4.78, 5) is 13.5. The molecule has 1 unspecified atom stereocenters. The van der Waals surface area contributed by atoms with E-state index >= 15 is 0 Å². The molecule has 0 N–H and O–H groups in total. The van der Waals surface area contributed by atoms with E-state index in [-0.39, 0.29) is 11.9 Å². The van der Waals surface area contributed by atoms with Crippen LogP contribution in [0.3, 0.4) is 0 Å². The van der Waals surface area contributed by atoms with E-state index in [4.69, 9.17) is 0 Å². The molecule has 2 rings (SSSR count). The van der Waals surface area contributed by atoms with Crippen molar-refractivity contribution in [3.05, 3.63) is 35.6 Å². The number of hydrogen-bond donors (Lipinski definition) is 0. The first kappa shape index (κ1) is 11.3. The van der Waals surface area contributed by atoms with Crippen molar-refractivity contribution in [2.45, 2.75) is 31.8 Å².